The van der Waals surface area contributed by atoms with Crippen LogP contribution in [0.3, 0.4) is 0 Å². The van der Waals surface area contributed by atoms with Gasteiger partial charge in [-0.3, -0.25) is 0 Å². The largest absolute Gasteiger partial charge is 0.497 e. The van der Waals surface area contributed by atoms with Crippen molar-refractivity contribution in [1.82, 2.24) is 15.2 Å². The van der Waals surface area contributed by atoms with Crippen molar-refractivity contribution in [3.8, 4) is 5.75 Å². The number of ether oxygens (including phenoxy) is 1. The van der Waals surface area contributed by atoms with E-state index in [1.165, 1.54) is 5.56 Å². The van der Waals surface area contributed by atoms with E-state index < -0.39 is 0 Å². The molecule has 0 bridgehead atoms. The quantitative estimate of drug-likeness (QED) is 0.367. The van der Waals surface area contributed by atoms with Gasteiger partial charge in [-0.1, -0.05) is 12.1 Å². The number of aliphatic imine (C=N–C) groups is 1. The first-order valence-electron chi connectivity index (χ1n) is 8.27. The minimum Gasteiger partial charge on any atom is -0.497 e. The van der Waals surface area contributed by atoms with Crippen molar-refractivity contribution in [1.29, 1.82) is 0 Å². The predicted octanol–water partition coefficient (Wildman–Crippen LogP) is 3.43. The molecule has 0 saturated heterocycles. The molecular formula is C18H28IN5OS. The Morgan fingerprint density at radius 2 is 1.92 bits per heavy atom. The van der Waals surface area contributed by atoms with E-state index in [9.17, 15) is 0 Å². The number of thiazole rings is 1. The number of nitrogens with zero attached hydrogens (tertiary/aromatic N) is 4. The summed E-state index contributed by atoms with van der Waals surface area (Å²) in [5, 5.41) is 6.40. The third-order valence-electron chi connectivity index (χ3n) is 3.59. The Balaban J connectivity index is 0.00000338. The molecule has 0 spiro atoms. The Morgan fingerprint density at radius 1 is 1.23 bits per heavy atom. The van der Waals surface area contributed by atoms with Gasteiger partial charge in [0.05, 0.1) is 19.3 Å². The summed E-state index contributed by atoms with van der Waals surface area (Å²) in [4.78, 5) is 13.4. The fourth-order valence-electron chi connectivity index (χ4n) is 2.28. The van der Waals surface area contributed by atoms with Crippen molar-refractivity contribution in [2.75, 3.05) is 39.7 Å². The van der Waals surface area contributed by atoms with Gasteiger partial charge in [0.1, 0.15) is 5.75 Å². The number of hydrogen-bond donors (Lipinski definition) is 1. The van der Waals surface area contributed by atoms with Crippen LogP contribution in [0, 0.1) is 0 Å². The smallest absolute Gasteiger partial charge is 0.194 e. The minimum absolute atomic E-state index is 0. The molecular weight excluding hydrogens is 461 g/mol. The summed E-state index contributed by atoms with van der Waals surface area (Å²) in [5.74, 6) is 1.74. The van der Waals surface area contributed by atoms with Gasteiger partial charge in [0, 0.05) is 39.6 Å². The Labute approximate surface area is 177 Å². The van der Waals surface area contributed by atoms with Gasteiger partial charge in [0.2, 0.25) is 0 Å². The number of nitrogens with one attached hydrogen (secondary N) is 1. The first kappa shape index (κ1) is 22.5. The second-order valence-electron chi connectivity index (χ2n) is 5.89. The van der Waals surface area contributed by atoms with E-state index in [-0.39, 0.29) is 24.0 Å². The molecule has 0 aliphatic carbocycles. The lowest BCUT2D eigenvalue weighted by Crippen LogP contribution is -2.38. The molecule has 1 heterocycles. The average molecular weight is 489 g/mol. The third kappa shape index (κ3) is 6.64. The van der Waals surface area contributed by atoms with E-state index in [1.54, 1.807) is 18.4 Å². The SMILES string of the molecule is CCNC(=NCc1csc(N(C)C)n1)N(C)Cc1ccc(OC)cc1.I. The molecule has 1 aromatic heterocycles. The second kappa shape index (κ2) is 11.2. The summed E-state index contributed by atoms with van der Waals surface area (Å²) >= 11 is 1.64. The lowest BCUT2D eigenvalue weighted by Gasteiger charge is -2.22. The van der Waals surface area contributed by atoms with Crippen LogP contribution in [-0.2, 0) is 13.1 Å². The number of guanidine groups is 1. The highest BCUT2D eigenvalue weighted by molar-refractivity contribution is 14.0. The summed E-state index contributed by atoms with van der Waals surface area (Å²) in [5.41, 5.74) is 2.19. The Morgan fingerprint density at radius 3 is 2.46 bits per heavy atom. The van der Waals surface area contributed by atoms with Crippen molar-refractivity contribution in [3.05, 3.63) is 40.9 Å². The van der Waals surface area contributed by atoms with Crippen molar-refractivity contribution in [3.63, 3.8) is 0 Å². The summed E-state index contributed by atoms with van der Waals surface area (Å²) in [6.07, 6.45) is 0. The molecule has 6 nitrogen and oxygen atoms in total. The number of hydrogen-bond acceptors (Lipinski definition) is 5. The molecule has 0 aliphatic rings. The van der Waals surface area contributed by atoms with Crippen LogP contribution in [0.15, 0.2) is 34.6 Å². The van der Waals surface area contributed by atoms with Gasteiger partial charge in [-0.05, 0) is 24.6 Å². The normalized spacial score (nSPS) is 10.9. The van der Waals surface area contributed by atoms with E-state index in [2.05, 4.69) is 39.6 Å². The first-order valence-corrected chi connectivity index (χ1v) is 9.15. The van der Waals surface area contributed by atoms with Crippen LogP contribution >= 0.6 is 35.3 Å². The number of halogens is 1. The zero-order chi connectivity index (χ0) is 18.2. The van der Waals surface area contributed by atoms with Gasteiger partial charge in [0.15, 0.2) is 11.1 Å². The van der Waals surface area contributed by atoms with E-state index >= 15 is 0 Å². The zero-order valence-electron chi connectivity index (χ0n) is 16.0. The fraction of sp³-hybridized carbons (Fsp3) is 0.444. The van der Waals surface area contributed by atoms with Crippen LogP contribution in [0.25, 0.3) is 0 Å². The lowest BCUT2D eigenvalue weighted by atomic mass is 10.2. The minimum atomic E-state index is 0. The van der Waals surface area contributed by atoms with Gasteiger partial charge >= 0.3 is 0 Å². The van der Waals surface area contributed by atoms with E-state index in [0.29, 0.717) is 6.54 Å². The lowest BCUT2D eigenvalue weighted by molar-refractivity contribution is 0.414. The standard InChI is InChI=1S/C18H27N5OS.HI/c1-6-19-17(20-11-15-13-25-18(21-15)22(2)3)23(4)12-14-7-9-16(24-5)10-8-14;/h7-10,13H,6,11-12H2,1-5H3,(H,19,20);1H. The van der Waals surface area contributed by atoms with Crippen molar-refractivity contribution in [2.24, 2.45) is 4.99 Å². The predicted molar refractivity (Wildman–Crippen MR) is 121 cm³/mol. The molecule has 1 N–H and O–H groups in total. The van der Waals surface area contributed by atoms with Crippen LogP contribution in [-0.4, -0.2) is 50.6 Å². The molecule has 8 heteroatoms. The molecule has 0 unspecified atom stereocenters. The monoisotopic (exact) mass is 489 g/mol. The highest BCUT2D eigenvalue weighted by Crippen LogP contribution is 2.18. The summed E-state index contributed by atoms with van der Waals surface area (Å²) in [6.45, 7) is 4.24. The van der Waals surface area contributed by atoms with Crippen LogP contribution in [0.5, 0.6) is 5.75 Å². The number of benzene rings is 1. The van der Waals surface area contributed by atoms with E-state index in [0.717, 1.165) is 35.6 Å². The van der Waals surface area contributed by atoms with Crippen LogP contribution < -0.4 is 15.0 Å². The van der Waals surface area contributed by atoms with Gasteiger partial charge in [-0.25, -0.2) is 9.98 Å². The van der Waals surface area contributed by atoms with Gasteiger partial charge in [-0.2, -0.15) is 0 Å². The Hall–Kier alpha value is -1.55. The van der Waals surface area contributed by atoms with Gasteiger partial charge in [0.25, 0.3) is 0 Å². The zero-order valence-corrected chi connectivity index (χ0v) is 19.2. The molecule has 0 saturated carbocycles. The Bertz CT molecular complexity index is 687. The molecule has 144 valence electrons. The Kier molecular flexibility index (Phi) is 9.71. The second-order valence-corrected chi connectivity index (χ2v) is 6.73. The number of anilines is 1. The van der Waals surface area contributed by atoms with Crippen molar-refractivity contribution < 1.29 is 4.74 Å². The first-order chi connectivity index (χ1) is 12.0. The van der Waals surface area contributed by atoms with Crippen LogP contribution in [0.4, 0.5) is 5.13 Å². The summed E-state index contributed by atoms with van der Waals surface area (Å²) in [7, 11) is 7.71. The molecule has 1 aromatic carbocycles. The highest BCUT2D eigenvalue weighted by atomic mass is 127. The highest BCUT2D eigenvalue weighted by Gasteiger charge is 2.08. The third-order valence-corrected chi connectivity index (χ3v) is 4.65. The number of methoxy groups -OCH3 is 1. The summed E-state index contributed by atoms with van der Waals surface area (Å²) < 4.78 is 5.21. The van der Waals surface area contributed by atoms with Gasteiger partial charge in [-0.15, -0.1) is 35.3 Å². The molecule has 2 rings (SSSR count). The average Bonchev–Trinajstić information content (AvgIpc) is 3.08. The molecule has 0 aliphatic heterocycles. The summed E-state index contributed by atoms with van der Waals surface area (Å²) in [6, 6.07) is 8.10. The molecule has 0 fully saturated rings. The van der Waals surface area contributed by atoms with E-state index in [1.807, 2.05) is 38.2 Å². The van der Waals surface area contributed by atoms with Crippen LogP contribution in [0.1, 0.15) is 18.2 Å². The maximum absolute atomic E-state index is 5.21. The fourth-order valence-corrected chi connectivity index (χ4v) is 3.03. The van der Waals surface area contributed by atoms with Crippen molar-refractivity contribution in [2.45, 2.75) is 20.0 Å². The molecule has 0 amide bonds. The molecule has 26 heavy (non-hydrogen) atoms. The maximum atomic E-state index is 5.21. The maximum Gasteiger partial charge on any atom is 0.194 e. The molecule has 0 radical (unpaired) electrons. The topological polar surface area (TPSA) is 53.0 Å². The van der Waals surface area contributed by atoms with Crippen molar-refractivity contribution >= 4 is 46.4 Å². The van der Waals surface area contributed by atoms with Gasteiger partial charge < -0.3 is 19.9 Å². The molecule has 0 atom stereocenters. The van der Waals surface area contributed by atoms with E-state index in [4.69, 9.17) is 9.73 Å². The number of rotatable bonds is 7. The number of aromatic nitrogens is 1. The van der Waals surface area contributed by atoms with Crippen LogP contribution in [0.2, 0.25) is 0 Å². The molecule has 2 aromatic rings.